The summed E-state index contributed by atoms with van der Waals surface area (Å²) in [6.07, 6.45) is 1.42. The molecule has 126 valence electrons. The summed E-state index contributed by atoms with van der Waals surface area (Å²) in [4.78, 5) is 11.9. The highest BCUT2D eigenvalue weighted by Gasteiger charge is 2.03. The van der Waals surface area contributed by atoms with Gasteiger partial charge in [-0.3, -0.25) is 4.79 Å². The predicted molar refractivity (Wildman–Crippen MR) is 101 cm³/mol. The van der Waals surface area contributed by atoms with E-state index in [1.165, 1.54) is 6.21 Å². The van der Waals surface area contributed by atoms with Crippen molar-refractivity contribution in [3.05, 3.63) is 71.8 Å². The average Bonchev–Trinajstić information content (AvgIpc) is 2.62. The summed E-state index contributed by atoms with van der Waals surface area (Å²) in [5.74, 6) is -0.136. The molecule has 3 rings (SSSR count). The van der Waals surface area contributed by atoms with Crippen LogP contribution in [0.3, 0.4) is 0 Å². The van der Waals surface area contributed by atoms with Gasteiger partial charge in [-0.1, -0.05) is 42.5 Å². The number of anilines is 1. The molecule has 0 aromatic heterocycles. The average molecular weight is 333 g/mol. The maximum absolute atomic E-state index is 11.9. The zero-order valence-electron chi connectivity index (χ0n) is 13.9. The van der Waals surface area contributed by atoms with Gasteiger partial charge in [0.15, 0.2) is 0 Å². The largest absolute Gasteiger partial charge is 0.507 e. The Morgan fingerprint density at radius 1 is 1.12 bits per heavy atom. The Labute approximate surface area is 146 Å². The lowest BCUT2D eigenvalue weighted by Gasteiger charge is -2.08. The number of fused-ring (bicyclic) bond motifs is 1. The molecule has 5 nitrogen and oxygen atoms in total. The van der Waals surface area contributed by atoms with E-state index in [2.05, 4.69) is 15.8 Å². The smallest absolute Gasteiger partial charge is 0.259 e. The summed E-state index contributed by atoms with van der Waals surface area (Å²) in [5.41, 5.74) is 4.85. The lowest BCUT2D eigenvalue weighted by Crippen LogP contribution is -2.25. The van der Waals surface area contributed by atoms with Crippen molar-refractivity contribution in [2.45, 2.75) is 6.92 Å². The second-order valence-corrected chi connectivity index (χ2v) is 5.74. The maximum Gasteiger partial charge on any atom is 0.259 e. The van der Waals surface area contributed by atoms with Gasteiger partial charge in [0.05, 0.1) is 12.8 Å². The first-order valence-electron chi connectivity index (χ1n) is 7.96. The van der Waals surface area contributed by atoms with Crippen LogP contribution in [0.25, 0.3) is 10.8 Å². The fourth-order valence-electron chi connectivity index (χ4n) is 2.53. The molecule has 0 spiro atoms. The van der Waals surface area contributed by atoms with Gasteiger partial charge in [0.25, 0.3) is 5.91 Å². The monoisotopic (exact) mass is 333 g/mol. The molecule has 0 atom stereocenters. The van der Waals surface area contributed by atoms with E-state index in [9.17, 15) is 9.90 Å². The van der Waals surface area contributed by atoms with Crippen LogP contribution in [0.15, 0.2) is 65.8 Å². The van der Waals surface area contributed by atoms with E-state index >= 15 is 0 Å². The van der Waals surface area contributed by atoms with Crippen molar-refractivity contribution in [3.63, 3.8) is 0 Å². The van der Waals surface area contributed by atoms with E-state index in [0.717, 1.165) is 22.0 Å². The zero-order valence-corrected chi connectivity index (χ0v) is 13.9. The van der Waals surface area contributed by atoms with Crippen molar-refractivity contribution in [1.29, 1.82) is 0 Å². The number of nitrogens with one attached hydrogen (secondary N) is 2. The topological polar surface area (TPSA) is 73.7 Å². The van der Waals surface area contributed by atoms with E-state index in [1.807, 2.05) is 55.5 Å². The number of phenols is 1. The number of aromatic hydroxyl groups is 1. The van der Waals surface area contributed by atoms with E-state index in [1.54, 1.807) is 12.1 Å². The molecule has 5 heteroatoms. The van der Waals surface area contributed by atoms with E-state index in [0.29, 0.717) is 5.56 Å². The van der Waals surface area contributed by atoms with E-state index in [-0.39, 0.29) is 18.2 Å². The quantitative estimate of drug-likeness (QED) is 0.495. The Morgan fingerprint density at radius 2 is 1.92 bits per heavy atom. The lowest BCUT2D eigenvalue weighted by atomic mass is 10.1. The summed E-state index contributed by atoms with van der Waals surface area (Å²) >= 11 is 0. The van der Waals surface area contributed by atoms with Gasteiger partial charge < -0.3 is 10.4 Å². The van der Waals surface area contributed by atoms with Crippen LogP contribution >= 0.6 is 0 Å². The van der Waals surface area contributed by atoms with Gasteiger partial charge in [-0.05, 0) is 36.1 Å². The zero-order chi connectivity index (χ0) is 17.6. The molecule has 0 aliphatic rings. The minimum atomic E-state index is -0.268. The molecule has 25 heavy (non-hydrogen) atoms. The van der Waals surface area contributed by atoms with Gasteiger partial charge in [0.1, 0.15) is 5.75 Å². The van der Waals surface area contributed by atoms with Crippen molar-refractivity contribution >= 4 is 28.6 Å². The Balaban J connectivity index is 1.58. The Kier molecular flexibility index (Phi) is 4.95. The van der Waals surface area contributed by atoms with Gasteiger partial charge >= 0.3 is 0 Å². The number of hydrogen-bond donors (Lipinski definition) is 3. The van der Waals surface area contributed by atoms with Crippen LogP contribution in [0.4, 0.5) is 5.69 Å². The first-order chi connectivity index (χ1) is 12.1. The molecule has 0 aliphatic heterocycles. The maximum atomic E-state index is 11.9. The number of carbonyl (C=O) groups excluding carboxylic acids is 1. The van der Waals surface area contributed by atoms with Crippen molar-refractivity contribution < 1.29 is 9.90 Å². The number of rotatable bonds is 5. The molecule has 3 N–H and O–H groups in total. The third-order valence-corrected chi connectivity index (χ3v) is 3.81. The predicted octanol–water partition coefficient (Wildman–Crippen LogP) is 3.42. The molecule has 0 aliphatic carbocycles. The summed E-state index contributed by atoms with van der Waals surface area (Å²) in [6, 6.07) is 19.1. The Morgan fingerprint density at radius 3 is 2.76 bits per heavy atom. The van der Waals surface area contributed by atoms with Gasteiger partial charge in [-0.25, -0.2) is 5.43 Å². The number of phenolic OH excluding ortho intramolecular Hbond substituents is 1. The van der Waals surface area contributed by atoms with E-state index < -0.39 is 0 Å². The second-order valence-electron chi connectivity index (χ2n) is 5.74. The first-order valence-corrected chi connectivity index (χ1v) is 7.96. The minimum absolute atomic E-state index is 0.102. The van der Waals surface area contributed by atoms with Gasteiger partial charge in [0, 0.05) is 16.6 Å². The third kappa shape index (κ3) is 4.14. The molecule has 1 amide bonds. The number of nitrogens with zero attached hydrogens (tertiary/aromatic N) is 1. The van der Waals surface area contributed by atoms with Crippen LogP contribution in [-0.4, -0.2) is 23.8 Å². The van der Waals surface area contributed by atoms with E-state index in [4.69, 9.17) is 0 Å². The minimum Gasteiger partial charge on any atom is -0.507 e. The first kappa shape index (κ1) is 16.5. The van der Waals surface area contributed by atoms with Crippen LogP contribution in [0.1, 0.15) is 11.1 Å². The molecule has 3 aromatic carbocycles. The standard InChI is InChI=1S/C20H19N3O2/c1-14-9-10-16(19(24)11-14)12-22-23-20(25)13-21-18-8-4-6-15-5-2-3-7-17(15)18/h2-12,21,24H,13H2,1H3,(H,23,25)/b22-12+. The number of benzene rings is 3. The lowest BCUT2D eigenvalue weighted by molar-refractivity contribution is -0.119. The van der Waals surface area contributed by atoms with Gasteiger partial charge in [0.2, 0.25) is 0 Å². The Hall–Kier alpha value is -3.34. The number of carbonyl (C=O) groups is 1. The summed E-state index contributed by atoms with van der Waals surface area (Å²) in [5, 5.41) is 19.0. The second kappa shape index (κ2) is 7.49. The number of aryl methyl sites for hydroxylation is 1. The molecule has 0 radical (unpaired) electrons. The van der Waals surface area contributed by atoms with Crippen molar-refractivity contribution in [2.75, 3.05) is 11.9 Å². The van der Waals surface area contributed by atoms with Crippen LogP contribution in [0.2, 0.25) is 0 Å². The normalized spacial score (nSPS) is 10.9. The third-order valence-electron chi connectivity index (χ3n) is 3.81. The molecule has 0 fully saturated rings. The van der Waals surface area contributed by atoms with Crippen LogP contribution in [0.5, 0.6) is 5.75 Å². The summed E-state index contributed by atoms with van der Waals surface area (Å²) in [7, 11) is 0. The van der Waals surface area contributed by atoms with Crippen LogP contribution < -0.4 is 10.7 Å². The summed E-state index contributed by atoms with van der Waals surface area (Å²) in [6.45, 7) is 1.99. The van der Waals surface area contributed by atoms with Crippen molar-refractivity contribution in [3.8, 4) is 5.75 Å². The number of hydrazone groups is 1. The molecule has 0 unspecified atom stereocenters. The fourth-order valence-corrected chi connectivity index (χ4v) is 2.53. The van der Waals surface area contributed by atoms with Gasteiger partial charge in [-0.2, -0.15) is 5.10 Å². The highest BCUT2D eigenvalue weighted by atomic mass is 16.3. The van der Waals surface area contributed by atoms with Crippen molar-refractivity contribution in [2.24, 2.45) is 5.10 Å². The van der Waals surface area contributed by atoms with Crippen LogP contribution in [0, 0.1) is 6.92 Å². The fraction of sp³-hybridized carbons (Fsp3) is 0.100. The molecular weight excluding hydrogens is 314 g/mol. The Bertz CT molecular complexity index is 930. The molecule has 0 saturated carbocycles. The van der Waals surface area contributed by atoms with Crippen molar-refractivity contribution in [1.82, 2.24) is 5.43 Å². The highest BCUT2D eigenvalue weighted by Crippen LogP contribution is 2.22. The van der Waals surface area contributed by atoms with Crippen LogP contribution in [-0.2, 0) is 4.79 Å². The molecule has 0 bridgehead atoms. The molecule has 3 aromatic rings. The molecule has 0 saturated heterocycles. The molecular formula is C20H19N3O2. The van der Waals surface area contributed by atoms with Gasteiger partial charge in [-0.15, -0.1) is 0 Å². The summed E-state index contributed by atoms with van der Waals surface area (Å²) < 4.78 is 0. The number of hydrogen-bond acceptors (Lipinski definition) is 4. The number of amides is 1. The molecule has 0 heterocycles. The highest BCUT2D eigenvalue weighted by molar-refractivity contribution is 5.95. The SMILES string of the molecule is Cc1ccc(/C=N/NC(=O)CNc2cccc3ccccc23)c(O)c1.